The molecule has 1 heterocycles. The Morgan fingerprint density at radius 3 is 2.52 bits per heavy atom. The van der Waals surface area contributed by atoms with Gasteiger partial charge in [0.15, 0.2) is 0 Å². The Balaban J connectivity index is 2.77. The highest BCUT2D eigenvalue weighted by Crippen LogP contribution is 2.26. The van der Waals surface area contributed by atoms with E-state index in [-0.39, 0.29) is 5.69 Å². The maximum absolute atomic E-state index is 11.9. The molecule has 0 spiro atoms. The van der Waals surface area contributed by atoms with Gasteiger partial charge in [0, 0.05) is 12.3 Å². The molecule has 8 heteroatoms. The third kappa shape index (κ3) is 2.64. The molecule has 0 aliphatic heterocycles. The predicted molar refractivity (Wildman–Crippen MR) is 72.7 cm³/mol. The van der Waals surface area contributed by atoms with Gasteiger partial charge in [-0.3, -0.25) is 14.3 Å². The van der Waals surface area contributed by atoms with Gasteiger partial charge in [-0.25, -0.2) is 9.59 Å². The topological polar surface area (TPSA) is 111 Å². The van der Waals surface area contributed by atoms with E-state index >= 15 is 0 Å². The number of nitrogens with one attached hydrogen (secondary N) is 1. The number of rotatable bonds is 4. The van der Waals surface area contributed by atoms with Crippen LogP contribution in [0, 0.1) is 0 Å². The van der Waals surface area contributed by atoms with E-state index in [2.05, 4.69) is 0 Å². The monoisotopic (exact) mass is 292 g/mol. The number of methoxy groups -OCH3 is 2. The van der Waals surface area contributed by atoms with Crippen molar-refractivity contribution in [1.29, 1.82) is 0 Å². The van der Waals surface area contributed by atoms with Crippen molar-refractivity contribution in [3.63, 3.8) is 0 Å². The van der Waals surface area contributed by atoms with E-state index in [1.165, 1.54) is 20.3 Å². The molecule has 0 bridgehead atoms. The SMILES string of the molecule is COc1ccc(OC)c(-n2cc(C(=O)O)c(=O)[nH]c2=O)c1. The molecule has 1 aromatic heterocycles. The Bertz CT molecular complexity index is 805. The Kier molecular flexibility index (Phi) is 3.79. The number of nitrogens with zero attached hydrogens (tertiary/aromatic N) is 1. The summed E-state index contributed by atoms with van der Waals surface area (Å²) in [5.41, 5.74) is -2.05. The number of carbonyl (C=O) groups is 1. The summed E-state index contributed by atoms with van der Waals surface area (Å²) in [5.74, 6) is -0.672. The lowest BCUT2D eigenvalue weighted by atomic mass is 10.2. The van der Waals surface area contributed by atoms with Gasteiger partial charge in [0.25, 0.3) is 5.56 Å². The molecule has 0 aliphatic rings. The van der Waals surface area contributed by atoms with Crippen LogP contribution < -0.4 is 20.7 Å². The summed E-state index contributed by atoms with van der Waals surface area (Å²) < 4.78 is 11.2. The number of benzene rings is 1. The van der Waals surface area contributed by atoms with Gasteiger partial charge < -0.3 is 14.6 Å². The molecule has 0 fully saturated rings. The van der Waals surface area contributed by atoms with Gasteiger partial charge in [-0.1, -0.05) is 0 Å². The van der Waals surface area contributed by atoms with E-state index in [1.807, 2.05) is 4.98 Å². The first-order valence-corrected chi connectivity index (χ1v) is 5.79. The second kappa shape index (κ2) is 5.53. The van der Waals surface area contributed by atoms with Crippen molar-refractivity contribution in [1.82, 2.24) is 9.55 Å². The third-order valence-electron chi connectivity index (χ3n) is 2.82. The van der Waals surface area contributed by atoms with Crippen LogP contribution in [0.2, 0.25) is 0 Å². The van der Waals surface area contributed by atoms with Crippen molar-refractivity contribution in [2.45, 2.75) is 0 Å². The molecule has 0 amide bonds. The van der Waals surface area contributed by atoms with E-state index in [4.69, 9.17) is 14.6 Å². The number of carboxylic acid groups (broad SMARTS) is 1. The van der Waals surface area contributed by atoms with E-state index in [9.17, 15) is 14.4 Å². The van der Waals surface area contributed by atoms with Crippen molar-refractivity contribution in [3.8, 4) is 17.2 Å². The molecule has 0 atom stereocenters. The number of carboxylic acids is 1. The van der Waals surface area contributed by atoms with Crippen molar-refractivity contribution < 1.29 is 19.4 Å². The summed E-state index contributed by atoms with van der Waals surface area (Å²) >= 11 is 0. The van der Waals surface area contributed by atoms with Crippen LogP contribution in [0.15, 0.2) is 34.0 Å². The molecule has 0 saturated heterocycles. The molecule has 0 radical (unpaired) electrons. The maximum Gasteiger partial charge on any atom is 0.342 e. The number of hydrogen-bond donors (Lipinski definition) is 2. The Morgan fingerprint density at radius 1 is 1.24 bits per heavy atom. The lowest BCUT2D eigenvalue weighted by Gasteiger charge is -2.12. The summed E-state index contributed by atoms with van der Waals surface area (Å²) in [6.07, 6.45) is 0.945. The smallest absolute Gasteiger partial charge is 0.342 e. The standard InChI is InChI=1S/C13H12N2O6/c1-20-7-3-4-10(21-2)9(5-7)15-6-8(12(17)18)11(16)14-13(15)19/h3-6H,1-2H3,(H,17,18)(H,14,16,19). The number of ether oxygens (including phenoxy) is 2. The maximum atomic E-state index is 11.9. The number of hydrogen-bond acceptors (Lipinski definition) is 5. The first kappa shape index (κ1) is 14.4. The van der Waals surface area contributed by atoms with Crippen LogP contribution in [0.4, 0.5) is 0 Å². The van der Waals surface area contributed by atoms with Gasteiger partial charge in [-0.15, -0.1) is 0 Å². The van der Waals surface area contributed by atoms with Crippen LogP contribution in [-0.2, 0) is 0 Å². The summed E-state index contributed by atoms with van der Waals surface area (Å²) in [4.78, 5) is 36.3. The van der Waals surface area contributed by atoms with Gasteiger partial charge in [0.1, 0.15) is 17.1 Å². The largest absolute Gasteiger partial charge is 0.497 e. The number of aromatic nitrogens is 2. The van der Waals surface area contributed by atoms with E-state index in [0.717, 1.165) is 10.8 Å². The second-order valence-electron chi connectivity index (χ2n) is 4.01. The molecule has 110 valence electrons. The lowest BCUT2D eigenvalue weighted by molar-refractivity contribution is 0.0694. The minimum atomic E-state index is -1.44. The van der Waals surface area contributed by atoms with Crippen LogP contribution in [0.5, 0.6) is 11.5 Å². The summed E-state index contributed by atoms with van der Waals surface area (Å²) in [6.45, 7) is 0. The fraction of sp³-hybridized carbons (Fsp3) is 0.154. The Hall–Kier alpha value is -3.03. The zero-order valence-corrected chi connectivity index (χ0v) is 11.2. The molecular weight excluding hydrogens is 280 g/mol. The fourth-order valence-corrected chi connectivity index (χ4v) is 1.79. The quantitative estimate of drug-likeness (QED) is 0.835. The molecule has 2 N–H and O–H groups in total. The van der Waals surface area contributed by atoms with Crippen LogP contribution >= 0.6 is 0 Å². The summed E-state index contributed by atoms with van der Waals surface area (Å²) in [5, 5.41) is 8.96. The average molecular weight is 292 g/mol. The normalized spacial score (nSPS) is 10.2. The van der Waals surface area contributed by atoms with E-state index < -0.39 is 22.8 Å². The third-order valence-corrected chi connectivity index (χ3v) is 2.82. The minimum Gasteiger partial charge on any atom is -0.497 e. The zero-order chi connectivity index (χ0) is 15.6. The molecule has 1 aromatic carbocycles. The highest BCUT2D eigenvalue weighted by Gasteiger charge is 2.15. The molecule has 0 aliphatic carbocycles. The van der Waals surface area contributed by atoms with Crippen LogP contribution in [-0.4, -0.2) is 34.8 Å². The van der Waals surface area contributed by atoms with Crippen molar-refractivity contribution in [2.75, 3.05) is 14.2 Å². The predicted octanol–water partition coefficient (Wildman–Crippen LogP) is 0.241. The second-order valence-corrected chi connectivity index (χ2v) is 4.01. The van der Waals surface area contributed by atoms with Crippen molar-refractivity contribution in [2.24, 2.45) is 0 Å². The number of H-pyrrole nitrogens is 1. The summed E-state index contributed by atoms with van der Waals surface area (Å²) in [7, 11) is 2.85. The van der Waals surface area contributed by atoms with Gasteiger partial charge in [-0.05, 0) is 12.1 Å². The molecule has 21 heavy (non-hydrogen) atoms. The Morgan fingerprint density at radius 2 is 1.95 bits per heavy atom. The van der Waals surface area contributed by atoms with E-state index in [1.54, 1.807) is 12.1 Å². The molecule has 8 nitrogen and oxygen atoms in total. The zero-order valence-electron chi connectivity index (χ0n) is 11.2. The van der Waals surface area contributed by atoms with E-state index in [0.29, 0.717) is 11.5 Å². The lowest BCUT2D eigenvalue weighted by Crippen LogP contribution is -2.32. The van der Waals surface area contributed by atoms with Crippen LogP contribution in [0.25, 0.3) is 5.69 Å². The first-order valence-electron chi connectivity index (χ1n) is 5.79. The van der Waals surface area contributed by atoms with Gasteiger partial charge >= 0.3 is 11.7 Å². The van der Waals surface area contributed by atoms with Gasteiger partial charge in [-0.2, -0.15) is 0 Å². The van der Waals surface area contributed by atoms with Crippen molar-refractivity contribution in [3.05, 3.63) is 50.8 Å². The van der Waals surface area contributed by atoms with Crippen molar-refractivity contribution >= 4 is 5.97 Å². The molecular formula is C13H12N2O6. The van der Waals surface area contributed by atoms with Gasteiger partial charge in [0.2, 0.25) is 0 Å². The number of aromatic carboxylic acids is 1. The van der Waals surface area contributed by atoms with Gasteiger partial charge in [0.05, 0.1) is 19.9 Å². The Labute approximate surface area is 118 Å². The first-order chi connectivity index (χ1) is 9.97. The fourth-order valence-electron chi connectivity index (χ4n) is 1.79. The molecule has 2 rings (SSSR count). The molecule has 2 aromatic rings. The number of aromatic amines is 1. The van der Waals surface area contributed by atoms with Crippen LogP contribution in [0.3, 0.4) is 0 Å². The highest BCUT2D eigenvalue weighted by atomic mass is 16.5. The minimum absolute atomic E-state index is 0.251. The molecule has 0 saturated carbocycles. The summed E-state index contributed by atoms with van der Waals surface area (Å²) in [6, 6.07) is 4.67. The average Bonchev–Trinajstić information content (AvgIpc) is 2.46. The highest BCUT2D eigenvalue weighted by molar-refractivity contribution is 5.86. The molecule has 0 unspecified atom stereocenters. The van der Waals surface area contributed by atoms with Crippen LogP contribution in [0.1, 0.15) is 10.4 Å².